The third kappa shape index (κ3) is 1.72. The molecule has 0 atom stereocenters. The molecule has 0 radical (unpaired) electrons. The van der Waals surface area contributed by atoms with E-state index in [0.29, 0.717) is 0 Å². The van der Waals surface area contributed by atoms with Gasteiger partial charge in [-0.2, -0.15) is 0 Å². The van der Waals surface area contributed by atoms with Crippen molar-refractivity contribution in [2.45, 2.75) is 6.92 Å². The van der Waals surface area contributed by atoms with E-state index in [9.17, 15) is 0 Å². The second kappa shape index (κ2) is 4.23. The number of para-hydroxylation sites is 1. The highest BCUT2D eigenvalue weighted by Crippen LogP contribution is 2.05. The number of allylic oxidation sites excluding steroid dienone is 1. The Morgan fingerprint density at radius 1 is 1.19 bits per heavy atom. The van der Waals surface area contributed by atoms with E-state index in [-0.39, 0.29) is 0 Å². The lowest BCUT2D eigenvalue weighted by Crippen LogP contribution is -2.26. The number of rotatable bonds is 2. The Bertz CT molecular complexity index is 603. The molecular formula is C15H15N. The molecule has 16 heavy (non-hydrogen) atoms. The summed E-state index contributed by atoms with van der Waals surface area (Å²) in [6, 6.07) is 12.4. The Hall–Kier alpha value is -2.02. The largest absolute Gasteiger partial charge is 0.314 e. The van der Waals surface area contributed by atoms with Gasteiger partial charge < -0.3 is 4.57 Å². The molecular weight excluding hydrogens is 194 g/mol. The van der Waals surface area contributed by atoms with Gasteiger partial charge in [0.1, 0.15) is 0 Å². The average Bonchev–Trinajstić information content (AvgIpc) is 2.56. The molecule has 0 saturated carbocycles. The van der Waals surface area contributed by atoms with Gasteiger partial charge in [-0.05, 0) is 30.3 Å². The summed E-state index contributed by atoms with van der Waals surface area (Å²) in [6.45, 7) is 9.92. The third-order valence-electron chi connectivity index (χ3n) is 2.63. The van der Waals surface area contributed by atoms with E-state index >= 15 is 0 Å². The van der Waals surface area contributed by atoms with Gasteiger partial charge in [0.05, 0.1) is 0 Å². The van der Waals surface area contributed by atoms with Gasteiger partial charge in [0, 0.05) is 16.7 Å². The molecule has 0 spiro atoms. The summed E-state index contributed by atoms with van der Waals surface area (Å²) in [7, 11) is 0. The van der Waals surface area contributed by atoms with E-state index in [1.54, 1.807) is 6.08 Å². The van der Waals surface area contributed by atoms with E-state index in [0.717, 1.165) is 16.3 Å². The van der Waals surface area contributed by atoms with Crippen LogP contribution in [0.3, 0.4) is 0 Å². The maximum absolute atomic E-state index is 4.12. The third-order valence-corrected chi connectivity index (χ3v) is 2.63. The highest BCUT2D eigenvalue weighted by Gasteiger charge is 2.01. The van der Waals surface area contributed by atoms with Gasteiger partial charge in [-0.25, -0.2) is 0 Å². The van der Waals surface area contributed by atoms with Gasteiger partial charge in [0.15, 0.2) is 0 Å². The average molecular weight is 209 g/mol. The first-order valence-electron chi connectivity index (χ1n) is 5.29. The quantitative estimate of drug-likeness (QED) is 0.714. The lowest BCUT2D eigenvalue weighted by molar-refractivity contribution is 0.979. The van der Waals surface area contributed by atoms with Gasteiger partial charge >= 0.3 is 0 Å². The predicted molar refractivity (Wildman–Crippen MR) is 69.9 cm³/mol. The van der Waals surface area contributed by atoms with Gasteiger partial charge in [-0.3, -0.25) is 0 Å². The van der Waals surface area contributed by atoms with Crippen molar-refractivity contribution >= 4 is 12.7 Å². The van der Waals surface area contributed by atoms with Crippen LogP contribution in [0.25, 0.3) is 18.3 Å². The lowest BCUT2D eigenvalue weighted by Gasteiger charge is -2.05. The monoisotopic (exact) mass is 209 g/mol. The Labute approximate surface area is 95.7 Å². The predicted octanol–water partition coefficient (Wildman–Crippen LogP) is 2.16. The summed E-state index contributed by atoms with van der Waals surface area (Å²) in [4.78, 5) is 0. The molecule has 80 valence electrons. The lowest BCUT2D eigenvalue weighted by atomic mass is 10.3. The first-order chi connectivity index (χ1) is 7.74. The van der Waals surface area contributed by atoms with Crippen molar-refractivity contribution in [3.8, 4) is 5.69 Å². The van der Waals surface area contributed by atoms with Crippen molar-refractivity contribution < 1.29 is 0 Å². The van der Waals surface area contributed by atoms with Crippen molar-refractivity contribution in [3.05, 3.63) is 65.3 Å². The van der Waals surface area contributed by atoms with E-state index in [1.165, 1.54) is 5.69 Å². The molecule has 0 bridgehead atoms. The van der Waals surface area contributed by atoms with Crippen LogP contribution in [0.1, 0.15) is 5.69 Å². The number of hydrogen-bond donors (Lipinski definition) is 0. The zero-order valence-corrected chi connectivity index (χ0v) is 9.48. The first kappa shape index (κ1) is 10.5. The molecule has 0 amide bonds. The van der Waals surface area contributed by atoms with E-state index in [4.69, 9.17) is 0 Å². The molecule has 1 nitrogen and oxygen atoms in total. The van der Waals surface area contributed by atoms with Crippen LogP contribution in [0, 0.1) is 6.92 Å². The zero-order chi connectivity index (χ0) is 11.5. The van der Waals surface area contributed by atoms with Crippen LogP contribution in [-0.2, 0) is 0 Å². The molecule has 0 aliphatic rings. The van der Waals surface area contributed by atoms with Crippen LogP contribution < -0.4 is 10.6 Å². The minimum absolute atomic E-state index is 1.00. The summed E-state index contributed by atoms with van der Waals surface area (Å²) in [5.74, 6) is 0. The highest BCUT2D eigenvalue weighted by molar-refractivity contribution is 5.41. The van der Waals surface area contributed by atoms with Crippen molar-refractivity contribution in [3.63, 3.8) is 0 Å². The molecule has 1 heteroatoms. The van der Waals surface area contributed by atoms with Crippen molar-refractivity contribution in [1.29, 1.82) is 0 Å². The molecule has 0 unspecified atom stereocenters. The standard InChI is InChI=1S/C15H15N/c1-4-8-14-11-12(2)16(13(14)3)15-9-6-5-7-10-15/h4-11H,1,3H2,2H3/b14-8-. The van der Waals surface area contributed by atoms with Gasteiger partial charge in [0.2, 0.25) is 0 Å². The molecule has 2 aromatic rings. The first-order valence-corrected chi connectivity index (χ1v) is 5.29. The topological polar surface area (TPSA) is 4.93 Å². The van der Waals surface area contributed by atoms with Gasteiger partial charge in [-0.1, -0.05) is 43.5 Å². The second-order valence-electron chi connectivity index (χ2n) is 3.76. The zero-order valence-electron chi connectivity index (χ0n) is 9.48. The fraction of sp³-hybridized carbons (Fsp3) is 0.0667. The molecule has 0 N–H and O–H groups in total. The number of aromatic nitrogens is 1. The van der Waals surface area contributed by atoms with Crippen LogP contribution in [0.2, 0.25) is 0 Å². The number of aryl methyl sites for hydroxylation is 1. The van der Waals surface area contributed by atoms with Crippen LogP contribution in [0.5, 0.6) is 0 Å². The normalized spacial score (nSPS) is 11.7. The molecule has 2 rings (SSSR count). The molecule has 1 aromatic heterocycles. The summed E-state index contributed by atoms with van der Waals surface area (Å²) < 4.78 is 2.15. The summed E-state index contributed by atoms with van der Waals surface area (Å²) in [5.41, 5.74) is 2.33. The number of benzene rings is 1. The molecule has 1 heterocycles. The maximum atomic E-state index is 4.12. The minimum Gasteiger partial charge on any atom is -0.314 e. The second-order valence-corrected chi connectivity index (χ2v) is 3.76. The van der Waals surface area contributed by atoms with E-state index in [2.05, 4.69) is 42.8 Å². The van der Waals surface area contributed by atoms with Gasteiger partial charge in [0.25, 0.3) is 0 Å². The number of hydrogen-bond acceptors (Lipinski definition) is 0. The van der Waals surface area contributed by atoms with Crippen LogP contribution in [-0.4, -0.2) is 4.57 Å². The fourth-order valence-electron chi connectivity index (χ4n) is 1.92. The summed E-state index contributed by atoms with van der Waals surface area (Å²) >= 11 is 0. The SMILES string of the molecule is C=C/C=c1/cc(C)n(-c2ccccc2)c1=C. The maximum Gasteiger partial charge on any atom is 0.0459 e. The minimum atomic E-state index is 1.00. The fourth-order valence-corrected chi connectivity index (χ4v) is 1.92. The van der Waals surface area contributed by atoms with E-state index < -0.39 is 0 Å². The van der Waals surface area contributed by atoms with Crippen molar-refractivity contribution in [2.75, 3.05) is 0 Å². The van der Waals surface area contributed by atoms with E-state index in [1.807, 2.05) is 24.3 Å². The molecule has 0 saturated heterocycles. The van der Waals surface area contributed by atoms with Crippen molar-refractivity contribution in [1.82, 2.24) is 4.57 Å². The van der Waals surface area contributed by atoms with Crippen LogP contribution in [0.15, 0.2) is 49.1 Å². The molecule has 0 aliphatic heterocycles. The summed E-state index contributed by atoms with van der Waals surface area (Å²) in [6.07, 6.45) is 3.77. The smallest absolute Gasteiger partial charge is 0.0459 e. The highest BCUT2D eigenvalue weighted by atomic mass is 15.0. The Morgan fingerprint density at radius 3 is 2.50 bits per heavy atom. The van der Waals surface area contributed by atoms with Crippen molar-refractivity contribution in [2.24, 2.45) is 0 Å². The number of nitrogens with zero attached hydrogens (tertiary/aromatic N) is 1. The molecule has 0 aliphatic carbocycles. The molecule has 0 fully saturated rings. The Kier molecular flexibility index (Phi) is 2.78. The summed E-state index contributed by atoms with van der Waals surface area (Å²) in [5, 5.41) is 2.12. The molecule has 1 aromatic carbocycles. The van der Waals surface area contributed by atoms with Gasteiger partial charge in [-0.15, -0.1) is 0 Å². The Balaban J connectivity index is 2.73. The van der Waals surface area contributed by atoms with Crippen LogP contribution in [0.4, 0.5) is 0 Å². The Morgan fingerprint density at radius 2 is 1.88 bits per heavy atom. The van der Waals surface area contributed by atoms with Crippen LogP contribution >= 0.6 is 0 Å².